The van der Waals surface area contributed by atoms with E-state index in [9.17, 15) is 23.3 Å². The molecule has 0 spiro atoms. The number of rotatable bonds is 7. The Hall–Kier alpha value is -4.52. The molecule has 0 saturated carbocycles. The van der Waals surface area contributed by atoms with Crippen molar-refractivity contribution in [3.8, 4) is 6.07 Å². The lowest BCUT2D eigenvalue weighted by Gasteiger charge is -2.36. The molecule has 0 aliphatic carbocycles. The van der Waals surface area contributed by atoms with Crippen molar-refractivity contribution >= 4 is 32.6 Å². The van der Waals surface area contributed by atoms with Gasteiger partial charge in [-0.1, -0.05) is 66.7 Å². The van der Waals surface area contributed by atoms with Gasteiger partial charge in [-0.3, -0.25) is 9.59 Å². The van der Waals surface area contributed by atoms with Gasteiger partial charge in [0, 0.05) is 26.1 Å². The SMILES string of the molecule is N#Cc1ccc(CC(NC(=O)C2Cc3ccccc3CN2S(=O)(=O)c2ccc3ccccc3c2)C(=O)N2CCCC2)cc1. The van der Waals surface area contributed by atoms with Crippen LogP contribution in [0.15, 0.2) is 95.9 Å². The maximum Gasteiger partial charge on any atom is 0.245 e. The van der Waals surface area contributed by atoms with Crippen molar-refractivity contribution < 1.29 is 18.0 Å². The zero-order valence-electron chi connectivity index (χ0n) is 23.6. The molecular formula is C34H32N4O4S. The van der Waals surface area contributed by atoms with Crippen LogP contribution in [0, 0.1) is 11.3 Å². The summed E-state index contributed by atoms with van der Waals surface area (Å²) in [7, 11) is -4.08. The lowest BCUT2D eigenvalue weighted by Crippen LogP contribution is -2.57. The monoisotopic (exact) mass is 592 g/mol. The van der Waals surface area contributed by atoms with Gasteiger partial charge in [0.1, 0.15) is 12.1 Å². The van der Waals surface area contributed by atoms with Crippen LogP contribution in [-0.4, -0.2) is 54.6 Å². The maximum atomic E-state index is 14.2. The Balaban J connectivity index is 1.33. The predicted octanol–water partition coefficient (Wildman–Crippen LogP) is 4.18. The fourth-order valence-electron chi connectivity index (χ4n) is 6.02. The molecule has 9 heteroatoms. The van der Waals surface area contributed by atoms with E-state index in [0.717, 1.165) is 40.3 Å². The number of hydrogen-bond donors (Lipinski definition) is 1. The van der Waals surface area contributed by atoms with Gasteiger partial charge in [0.25, 0.3) is 0 Å². The van der Waals surface area contributed by atoms with E-state index in [0.29, 0.717) is 18.7 Å². The summed E-state index contributed by atoms with van der Waals surface area (Å²) < 4.78 is 29.6. The molecule has 1 fully saturated rings. The molecule has 2 amide bonds. The van der Waals surface area contributed by atoms with Crippen molar-refractivity contribution in [2.45, 2.75) is 49.2 Å². The van der Waals surface area contributed by atoms with Crippen LogP contribution in [-0.2, 0) is 39.0 Å². The van der Waals surface area contributed by atoms with Crippen LogP contribution < -0.4 is 5.32 Å². The van der Waals surface area contributed by atoms with Crippen LogP contribution in [0.5, 0.6) is 0 Å². The Labute approximate surface area is 251 Å². The highest BCUT2D eigenvalue weighted by Gasteiger charge is 2.41. The quantitative estimate of drug-likeness (QED) is 0.346. The van der Waals surface area contributed by atoms with E-state index in [1.165, 1.54) is 4.31 Å². The van der Waals surface area contributed by atoms with E-state index in [1.807, 2.05) is 48.5 Å². The van der Waals surface area contributed by atoms with Crippen LogP contribution in [0.1, 0.15) is 35.1 Å². The van der Waals surface area contributed by atoms with Crippen molar-refractivity contribution in [2.24, 2.45) is 0 Å². The number of benzene rings is 4. The summed E-state index contributed by atoms with van der Waals surface area (Å²) in [5.74, 6) is -0.694. The lowest BCUT2D eigenvalue weighted by molar-refractivity contribution is -0.136. The number of hydrogen-bond acceptors (Lipinski definition) is 5. The van der Waals surface area contributed by atoms with Crippen molar-refractivity contribution in [3.05, 3.63) is 113 Å². The Morgan fingerprint density at radius 1 is 0.884 bits per heavy atom. The van der Waals surface area contributed by atoms with Crippen molar-refractivity contribution in [2.75, 3.05) is 13.1 Å². The van der Waals surface area contributed by atoms with Gasteiger partial charge in [-0.15, -0.1) is 0 Å². The second-order valence-electron chi connectivity index (χ2n) is 11.2. The zero-order valence-corrected chi connectivity index (χ0v) is 24.5. The molecule has 2 atom stereocenters. The summed E-state index contributed by atoms with van der Waals surface area (Å²) in [6, 6.07) is 27.2. The largest absolute Gasteiger partial charge is 0.343 e. The van der Waals surface area contributed by atoms with Crippen LogP contribution in [0.2, 0.25) is 0 Å². The molecule has 2 aliphatic rings. The van der Waals surface area contributed by atoms with Gasteiger partial charge in [0.15, 0.2) is 0 Å². The normalized spacial score (nSPS) is 17.7. The van der Waals surface area contributed by atoms with E-state index in [1.54, 1.807) is 47.4 Å². The van der Waals surface area contributed by atoms with Gasteiger partial charge in [-0.05, 0) is 71.0 Å². The maximum absolute atomic E-state index is 14.2. The molecule has 8 nitrogen and oxygen atoms in total. The molecule has 1 N–H and O–H groups in total. The standard InChI is InChI=1S/C34H32N4O4S/c35-22-25-13-11-24(12-14-25)19-31(34(40)37-17-5-6-18-37)36-33(39)32-21-28-9-3-4-10-29(28)23-38(32)43(41,42)30-16-15-26-7-1-2-8-27(26)20-30/h1-4,7-16,20,31-32H,5-6,17-19,21,23H2,(H,36,39). The van der Waals surface area contributed by atoms with Gasteiger partial charge in [-0.2, -0.15) is 9.57 Å². The third-order valence-electron chi connectivity index (χ3n) is 8.39. The third kappa shape index (κ3) is 5.89. The number of nitrogens with zero attached hydrogens (tertiary/aromatic N) is 3. The minimum absolute atomic E-state index is 0.0454. The van der Waals surface area contributed by atoms with E-state index in [4.69, 9.17) is 0 Å². The summed E-state index contributed by atoms with van der Waals surface area (Å²) in [5.41, 5.74) is 3.05. The number of fused-ring (bicyclic) bond motifs is 2. The topological polar surface area (TPSA) is 111 Å². The average Bonchev–Trinajstić information content (AvgIpc) is 3.59. The Bertz CT molecular complexity index is 1830. The first kappa shape index (κ1) is 28.6. The van der Waals surface area contributed by atoms with Gasteiger partial charge >= 0.3 is 0 Å². The summed E-state index contributed by atoms with van der Waals surface area (Å²) >= 11 is 0. The lowest BCUT2D eigenvalue weighted by atomic mass is 9.95. The smallest absolute Gasteiger partial charge is 0.245 e. The van der Waals surface area contributed by atoms with Gasteiger partial charge in [-0.25, -0.2) is 8.42 Å². The van der Waals surface area contributed by atoms with Gasteiger partial charge in [0.2, 0.25) is 21.8 Å². The molecule has 43 heavy (non-hydrogen) atoms. The number of sulfonamides is 1. The first-order valence-electron chi connectivity index (χ1n) is 14.5. The van der Waals surface area contributed by atoms with Gasteiger partial charge < -0.3 is 10.2 Å². The number of nitrogens with one attached hydrogen (secondary N) is 1. The van der Waals surface area contributed by atoms with E-state index < -0.39 is 28.0 Å². The fourth-order valence-corrected chi connectivity index (χ4v) is 7.62. The molecule has 0 radical (unpaired) electrons. The fraction of sp³-hybridized carbons (Fsp3) is 0.265. The van der Waals surface area contributed by atoms with Crippen molar-refractivity contribution in [3.63, 3.8) is 0 Å². The average molecular weight is 593 g/mol. The van der Waals surface area contributed by atoms with Crippen LogP contribution in [0.25, 0.3) is 10.8 Å². The second-order valence-corrected chi connectivity index (χ2v) is 13.0. The molecule has 218 valence electrons. The van der Waals surface area contributed by atoms with Crippen LogP contribution in [0.4, 0.5) is 0 Å². The number of carbonyl (C=O) groups excluding carboxylic acids is 2. The molecule has 0 bridgehead atoms. The first-order valence-corrected chi connectivity index (χ1v) is 15.9. The summed E-state index contributed by atoms with van der Waals surface area (Å²) in [6.07, 6.45) is 2.23. The van der Waals surface area contributed by atoms with E-state index in [2.05, 4.69) is 11.4 Å². The minimum Gasteiger partial charge on any atom is -0.343 e. The van der Waals surface area contributed by atoms with E-state index >= 15 is 0 Å². The summed E-state index contributed by atoms with van der Waals surface area (Å²) in [5, 5.41) is 13.8. The molecular weight excluding hydrogens is 560 g/mol. The predicted molar refractivity (Wildman–Crippen MR) is 163 cm³/mol. The van der Waals surface area contributed by atoms with Crippen LogP contribution in [0.3, 0.4) is 0 Å². The zero-order chi connectivity index (χ0) is 30.0. The highest BCUT2D eigenvalue weighted by Crippen LogP contribution is 2.31. The molecule has 2 unspecified atom stereocenters. The molecule has 4 aromatic carbocycles. The molecule has 2 aliphatic heterocycles. The van der Waals surface area contributed by atoms with Gasteiger partial charge in [0.05, 0.1) is 16.5 Å². The second kappa shape index (κ2) is 12.0. The molecule has 4 aromatic rings. The highest BCUT2D eigenvalue weighted by atomic mass is 32.2. The van der Waals surface area contributed by atoms with Crippen LogP contribution >= 0.6 is 0 Å². The van der Waals surface area contributed by atoms with Crippen molar-refractivity contribution in [1.82, 2.24) is 14.5 Å². The Morgan fingerprint density at radius 2 is 1.56 bits per heavy atom. The molecule has 6 rings (SSSR count). The highest BCUT2D eigenvalue weighted by molar-refractivity contribution is 7.89. The number of carbonyl (C=O) groups is 2. The summed E-state index contributed by atoms with van der Waals surface area (Å²) in [6.45, 7) is 1.29. The minimum atomic E-state index is -4.08. The Kier molecular flexibility index (Phi) is 7.98. The molecule has 2 heterocycles. The van der Waals surface area contributed by atoms with E-state index in [-0.39, 0.29) is 30.2 Å². The molecule has 0 aromatic heterocycles. The third-order valence-corrected chi connectivity index (χ3v) is 10.2. The van der Waals surface area contributed by atoms with Crippen molar-refractivity contribution in [1.29, 1.82) is 5.26 Å². The number of amides is 2. The summed E-state index contributed by atoms with van der Waals surface area (Å²) in [4.78, 5) is 29.6. The first-order chi connectivity index (χ1) is 20.8. The Morgan fingerprint density at radius 3 is 2.28 bits per heavy atom. The molecule has 1 saturated heterocycles. The number of nitriles is 1. The number of likely N-dealkylation sites (tertiary alicyclic amines) is 1.